The molecule has 2 aromatic rings. The molecule has 0 amide bonds. The van der Waals surface area contributed by atoms with E-state index in [1.54, 1.807) is 11.8 Å². The summed E-state index contributed by atoms with van der Waals surface area (Å²) in [6.45, 7) is 1.95. The van der Waals surface area contributed by atoms with E-state index in [1.165, 1.54) is 0 Å². The van der Waals surface area contributed by atoms with Crippen LogP contribution < -0.4 is 14.8 Å². The molecule has 0 radical (unpaired) electrons. The van der Waals surface area contributed by atoms with Crippen LogP contribution in [-0.4, -0.2) is 20.3 Å². The van der Waals surface area contributed by atoms with Crippen LogP contribution in [0.1, 0.15) is 5.56 Å². The number of fused-ring (bicyclic) bond motifs is 1. The monoisotopic (exact) mass is 321 g/mol. The van der Waals surface area contributed by atoms with E-state index in [-0.39, 0.29) is 0 Å². The molecule has 1 heterocycles. The Balaban J connectivity index is 1.88. The van der Waals surface area contributed by atoms with E-state index in [9.17, 15) is 0 Å². The van der Waals surface area contributed by atoms with E-state index in [0.717, 1.165) is 38.4 Å². The lowest BCUT2D eigenvalue weighted by Gasteiger charge is -2.19. The Labute approximate surface area is 133 Å². The maximum absolute atomic E-state index is 6.29. The summed E-state index contributed by atoms with van der Waals surface area (Å²) in [6.07, 6.45) is 0. The zero-order valence-electron chi connectivity index (χ0n) is 11.7. The third-order valence-electron chi connectivity index (χ3n) is 3.17. The lowest BCUT2D eigenvalue weighted by atomic mass is 10.2. The van der Waals surface area contributed by atoms with Gasteiger partial charge in [-0.05, 0) is 42.9 Å². The van der Waals surface area contributed by atoms with Crippen molar-refractivity contribution in [1.29, 1.82) is 0 Å². The largest absolute Gasteiger partial charge is 0.486 e. The van der Waals surface area contributed by atoms with E-state index < -0.39 is 0 Å². The maximum Gasteiger partial charge on any atom is 0.162 e. The van der Waals surface area contributed by atoms with Gasteiger partial charge >= 0.3 is 0 Å². The molecule has 0 saturated heterocycles. The summed E-state index contributed by atoms with van der Waals surface area (Å²) in [5, 5.41) is 3.94. The molecular weight excluding hydrogens is 306 g/mol. The minimum Gasteiger partial charge on any atom is -0.486 e. The topological polar surface area (TPSA) is 30.5 Å². The van der Waals surface area contributed by atoms with Crippen LogP contribution in [0, 0.1) is 0 Å². The average Bonchev–Trinajstić information content (AvgIpc) is 2.51. The van der Waals surface area contributed by atoms with Gasteiger partial charge in [0.1, 0.15) is 13.2 Å². The van der Waals surface area contributed by atoms with Crippen molar-refractivity contribution in [3.63, 3.8) is 0 Å². The molecule has 0 fully saturated rings. The second-order valence-corrected chi connectivity index (χ2v) is 6.18. The van der Waals surface area contributed by atoms with Gasteiger partial charge in [-0.2, -0.15) is 0 Å². The molecule has 0 spiro atoms. The van der Waals surface area contributed by atoms with Crippen molar-refractivity contribution in [2.75, 3.05) is 20.3 Å². The minimum absolute atomic E-state index is 0.600. The van der Waals surface area contributed by atoms with Crippen LogP contribution in [0.3, 0.4) is 0 Å². The summed E-state index contributed by atoms with van der Waals surface area (Å²) in [5.41, 5.74) is 1.11. The van der Waals surface area contributed by atoms with Gasteiger partial charge in [-0.15, -0.1) is 0 Å². The molecule has 0 aromatic heterocycles. The maximum atomic E-state index is 6.29. The predicted molar refractivity (Wildman–Crippen MR) is 85.8 cm³/mol. The predicted octanol–water partition coefficient (Wildman–Crippen LogP) is 3.98. The van der Waals surface area contributed by atoms with Crippen LogP contribution in [0.2, 0.25) is 5.02 Å². The van der Waals surface area contributed by atoms with Crippen molar-refractivity contribution >= 4 is 23.4 Å². The molecule has 1 aliphatic rings. The van der Waals surface area contributed by atoms with E-state index in [0.29, 0.717) is 13.2 Å². The van der Waals surface area contributed by atoms with Crippen LogP contribution >= 0.6 is 23.4 Å². The molecule has 110 valence electrons. The molecule has 3 nitrogen and oxygen atoms in total. The van der Waals surface area contributed by atoms with E-state index in [1.807, 2.05) is 37.4 Å². The second-order valence-electron chi connectivity index (χ2n) is 4.65. The molecular formula is C16H16ClNO2S. The molecule has 1 aliphatic heterocycles. The van der Waals surface area contributed by atoms with Crippen LogP contribution in [0.5, 0.6) is 11.5 Å². The molecule has 0 atom stereocenters. The van der Waals surface area contributed by atoms with Gasteiger partial charge < -0.3 is 14.8 Å². The van der Waals surface area contributed by atoms with Crippen LogP contribution in [-0.2, 0) is 6.54 Å². The summed E-state index contributed by atoms with van der Waals surface area (Å²) in [4.78, 5) is 2.26. The Bertz CT molecular complexity index is 648. The fraction of sp³-hybridized carbons (Fsp3) is 0.250. The van der Waals surface area contributed by atoms with E-state index >= 15 is 0 Å². The molecule has 0 aliphatic carbocycles. The number of ether oxygens (including phenoxy) is 2. The number of halogens is 1. The van der Waals surface area contributed by atoms with Gasteiger partial charge in [0, 0.05) is 21.4 Å². The standard InChI is InChI=1S/C16H16ClNO2S/c1-18-10-12-13(17)3-2-4-16(12)21-11-5-6-14-15(9-11)20-8-7-19-14/h2-6,9,18H,7-8,10H2,1H3. The highest BCUT2D eigenvalue weighted by Crippen LogP contribution is 2.39. The summed E-state index contributed by atoms with van der Waals surface area (Å²) in [5.74, 6) is 1.62. The van der Waals surface area contributed by atoms with E-state index in [2.05, 4.69) is 11.4 Å². The Hall–Kier alpha value is -1.36. The third-order valence-corrected chi connectivity index (χ3v) is 4.62. The molecule has 0 unspecified atom stereocenters. The van der Waals surface area contributed by atoms with E-state index in [4.69, 9.17) is 21.1 Å². The van der Waals surface area contributed by atoms with Crippen molar-refractivity contribution in [3.05, 3.63) is 47.0 Å². The first-order valence-electron chi connectivity index (χ1n) is 6.77. The van der Waals surface area contributed by atoms with Gasteiger partial charge in [-0.25, -0.2) is 0 Å². The van der Waals surface area contributed by atoms with Gasteiger partial charge in [0.05, 0.1) is 0 Å². The average molecular weight is 322 g/mol. The van der Waals surface area contributed by atoms with Crippen molar-refractivity contribution in [2.24, 2.45) is 0 Å². The third kappa shape index (κ3) is 3.28. The van der Waals surface area contributed by atoms with Crippen LogP contribution in [0.25, 0.3) is 0 Å². The van der Waals surface area contributed by atoms with Crippen molar-refractivity contribution in [2.45, 2.75) is 16.3 Å². The first kappa shape index (κ1) is 14.6. The highest BCUT2D eigenvalue weighted by molar-refractivity contribution is 7.99. The highest BCUT2D eigenvalue weighted by Gasteiger charge is 2.13. The molecule has 5 heteroatoms. The first-order chi connectivity index (χ1) is 10.3. The molecule has 0 saturated carbocycles. The van der Waals surface area contributed by atoms with Crippen molar-refractivity contribution in [3.8, 4) is 11.5 Å². The van der Waals surface area contributed by atoms with Gasteiger partial charge in [-0.3, -0.25) is 0 Å². The first-order valence-corrected chi connectivity index (χ1v) is 7.97. The summed E-state index contributed by atoms with van der Waals surface area (Å²) in [6, 6.07) is 12.0. The van der Waals surface area contributed by atoms with Crippen LogP contribution in [0.15, 0.2) is 46.2 Å². The second kappa shape index (κ2) is 6.60. The molecule has 3 rings (SSSR count). The zero-order chi connectivity index (χ0) is 14.7. The zero-order valence-corrected chi connectivity index (χ0v) is 13.3. The smallest absolute Gasteiger partial charge is 0.162 e. The van der Waals surface area contributed by atoms with Crippen molar-refractivity contribution < 1.29 is 9.47 Å². The Kier molecular flexibility index (Phi) is 4.58. The summed E-state index contributed by atoms with van der Waals surface area (Å²) in [7, 11) is 1.92. The number of benzene rings is 2. The molecule has 1 N–H and O–H groups in total. The fourth-order valence-corrected chi connectivity index (χ4v) is 3.50. The Morgan fingerprint density at radius 3 is 2.76 bits per heavy atom. The van der Waals surface area contributed by atoms with Gasteiger partial charge in [0.2, 0.25) is 0 Å². The van der Waals surface area contributed by atoms with Crippen LogP contribution in [0.4, 0.5) is 0 Å². The number of nitrogens with one attached hydrogen (secondary N) is 1. The van der Waals surface area contributed by atoms with Gasteiger partial charge in [-0.1, -0.05) is 29.4 Å². The minimum atomic E-state index is 0.600. The fourth-order valence-electron chi connectivity index (χ4n) is 2.20. The Morgan fingerprint density at radius 2 is 1.95 bits per heavy atom. The SMILES string of the molecule is CNCc1c(Cl)cccc1Sc1ccc2c(c1)OCCO2. The molecule has 0 bridgehead atoms. The molecule has 2 aromatic carbocycles. The van der Waals surface area contributed by atoms with Crippen molar-refractivity contribution in [1.82, 2.24) is 5.32 Å². The van der Waals surface area contributed by atoms with Gasteiger partial charge in [0.25, 0.3) is 0 Å². The lowest BCUT2D eigenvalue weighted by molar-refractivity contribution is 0.171. The Morgan fingerprint density at radius 1 is 1.14 bits per heavy atom. The quantitative estimate of drug-likeness (QED) is 0.922. The summed E-state index contributed by atoms with van der Waals surface area (Å²) >= 11 is 7.97. The lowest BCUT2D eigenvalue weighted by Crippen LogP contribution is -2.15. The normalized spacial score (nSPS) is 13.2. The number of rotatable bonds is 4. The highest BCUT2D eigenvalue weighted by atomic mass is 35.5. The number of hydrogen-bond donors (Lipinski definition) is 1. The van der Waals surface area contributed by atoms with Gasteiger partial charge in [0.15, 0.2) is 11.5 Å². The summed E-state index contributed by atoms with van der Waals surface area (Å²) < 4.78 is 11.2. The number of hydrogen-bond acceptors (Lipinski definition) is 4. The molecule has 21 heavy (non-hydrogen) atoms.